The van der Waals surface area contributed by atoms with Crippen LogP contribution in [0.1, 0.15) is 19.3 Å². The molecule has 1 aromatic rings. The van der Waals surface area contributed by atoms with Crippen LogP contribution in [0.5, 0.6) is 0 Å². The Bertz CT molecular complexity index is 672. The molecule has 3 aliphatic rings. The number of anilines is 1. The molecular formula is C18H22Cl2N2O3S. The maximum atomic E-state index is 12.7. The summed E-state index contributed by atoms with van der Waals surface area (Å²) in [5.41, 5.74) is 0.826. The van der Waals surface area contributed by atoms with E-state index < -0.39 is 10.1 Å². The van der Waals surface area contributed by atoms with E-state index in [1.54, 1.807) is 11.8 Å². The second kappa shape index (κ2) is 7.40. The minimum absolute atomic E-state index is 0.0821. The van der Waals surface area contributed by atoms with Gasteiger partial charge in [-0.1, -0.05) is 12.1 Å². The molecule has 5 nitrogen and oxygen atoms in total. The molecular weight excluding hydrogens is 395 g/mol. The fraction of sp³-hybridized carbons (Fsp3) is 0.611. The summed E-state index contributed by atoms with van der Waals surface area (Å²) in [5, 5.41) is 3.04. The normalized spacial score (nSPS) is 26.1. The number of nitrogens with one attached hydrogen (secondary N) is 1. The van der Waals surface area contributed by atoms with Crippen molar-refractivity contribution in [3.63, 3.8) is 0 Å². The van der Waals surface area contributed by atoms with E-state index in [4.69, 9.17) is 32.7 Å². The van der Waals surface area contributed by atoms with Gasteiger partial charge in [0.05, 0.1) is 18.9 Å². The lowest BCUT2D eigenvalue weighted by molar-refractivity contribution is -0.181. The SMILES string of the molecule is O=C(Nc1ccccc1SCC1CC1(Cl)Cl)N1CCC2(CC1)OCCO2. The van der Waals surface area contributed by atoms with Gasteiger partial charge in [0.15, 0.2) is 5.79 Å². The van der Waals surface area contributed by atoms with Crippen molar-refractivity contribution >= 4 is 46.7 Å². The van der Waals surface area contributed by atoms with Crippen molar-refractivity contribution in [3.05, 3.63) is 24.3 Å². The number of urea groups is 1. The third-order valence-corrected chi connectivity index (χ3v) is 7.31. The van der Waals surface area contributed by atoms with E-state index in [2.05, 4.69) is 5.32 Å². The number of rotatable bonds is 4. The van der Waals surface area contributed by atoms with Crippen LogP contribution in [0.15, 0.2) is 29.2 Å². The number of carbonyl (C=O) groups is 1. The van der Waals surface area contributed by atoms with Crippen LogP contribution in [0.25, 0.3) is 0 Å². The van der Waals surface area contributed by atoms with E-state index in [9.17, 15) is 4.79 Å². The minimum Gasteiger partial charge on any atom is -0.347 e. The number of likely N-dealkylation sites (tertiary alicyclic amines) is 1. The highest BCUT2D eigenvalue weighted by atomic mass is 35.5. The van der Waals surface area contributed by atoms with Crippen molar-refractivity contribution in [1.82, 2.24) is 4.90 Å². The molecule has 1 aliphatic carbocycles. The maximum absolute atomic E-state index is 12.7. The number of halogens is 2. The number of para-hydroxylation sites is 1. The first-order chi connectivity index (χ1) is 12.5. The Morgan fingerprint density at radius 3 is 2.54 bits per heavy atom. The van der Waals surface area contributed by atoms with E-state index in [1.165, 1.54) is 0 Å². The van der Waals surface area contributed by atoms with Crippen molar-refractivity contribution < 1.29 is 14.3 Å². The molecule has 2 amide bonds. The number of carbonyl (C=O) groups excluding carboxylic acids is 1. The fourth-order valence-corrected chi connectivity index (χ4v) is 5.31. The molecule has 26 heavy (non-hydrogen) atoms. The number of piperidine rings is 1. The minimum atomic E-state index is -0.570. The highest BCUT2D eigenvalue weighted by Crippen LogP contribution is 2.55. The average Bonchev–Trinajstić information content (AvgIpc) is 3.01. The van der Waals surface area contributed by atoms with Gasteiger partial charge in [-0.3, -0.25) is 0 Å². The zero-order valence-corrected chi connectivity index (χ0v) is 16.7. The number of benzene rings is 1. The highest BCUT2D eigenvalue weighted by molar-refractivity contribution is 7.99. The fourth-order valence-electron chi connectivity index (χ4n) is 3.37. The largest absolute Gasteiger partial charge is 0.347 e. The standard InChI is InChI=1S/C18H22Cl2N2O3S/c19-18(20)11-13(18)12-26-15-4-2-1-3-14(15)21-16(23)22-7-5-17(6-8-22)24-9-10-25-17/h1-4,13H,5-12H2,(H,21,23). The van der Waals surface area contributed by atoms with Crippen LogP contribution >= 0.6 is 35.0 Å². The summed E-state index contributed by atoms with van der Waals surface area (Å²) in [6.45, 7) is 2.54. The highest BCUT2D eigenvalue weighted by Gasteiger charge is 2.51. The van der Waals surface area contributed by atoms with Crippen LogP contribution in [-0.4, -0.2) is 53.1 Å². The number of hydrogen-bond donors (Lipinski definition) is 1. The number of alkyl halides is 2. The number of thioether (sulfide) groups is 1. The van der Waals surface area contributed by atoms with Gasteiger partial charge >= 0.3 is 6.03 Å². The van der Waals surface area contributed by atoms with E-state index in [1.807, 2.05) is 29.2 Å². The van der Waals surface area contributed by atoms with E-state index in [0.717, 1.165) is 22.8 Å². The van der Waals surface area contributed by atoms with Gasteiger partial charge in [-0.15, -0.1) is 35.0 Å². The van der Waals surface area contributed by atoms with E-state index >= 15 is 0 Å². The molecule has 1 N–H and O–H groups in total. The first-order valence-electron chi connectivity index (χ1n) is 8.91. The third-order valence-electron chi connectivity index (χ3n) is 5.15. The van der Waals surface area contributed by atoms with Crippen molar-refractivity contribution in [3.8, 4) is 0 Å². The number of amides is 2. The smallest absolute Gasteiger partial charge is 0.321 e. The van der Waals surface area contributed by atoms with Crippen LogP contribution < -0.4 is 5.32 Å². The molecule has 8 heteroatoms. The zero-order chi connectivity index (χ0) is 18.2. The predicted octanol–water partition coefficient (Wildman–Crippen LogP) is 4.34. The number of hydrogen-bond acceptors (Lipinski definition) is 4. The topological polar surface area (TPSA) is 50.8 Å². The quantitative estimate of drug-likeness (QED) is 0.585. The van der Waals surface area contributed by atoms with Crippen molar-refractivity contribution in [2.45, 2.75) is 34.3 Å². The molecule has 2 aliphatic heterocycles. The molecule has 0 aromatic heterocycles. The monoisotopic (exact) mass is 416 g/mol. The molecule has 1 unspecified atom stereocenters. The number of ether oxygens (including phenoxy) is 2. The third kappa shape index (κ3) is 4.09. The van der Waals surface area contributed by atoms with Crippen LogP contribution in [0.4, 0.5) is 10.5 Å². The molecule has 3 fully saturated rings. The van der Waals surface area contributed by atoms with Gasteiger partial charge in [-0.2, -0.15) is 0 Å². The summed E-state index contributed by atoms with van der Waals surface area (Å²) in [7, 11) is 0. The summed E-state index contributed by atoms with van der Waals surface area (Å²) < 4.78 is 10.9. The molecule has 2 heterocycles. The van der Waals surface area contributed by atoms with Gasteiger partial charge in [0.1, 0.15) is 4.33 Å². The average molecular weight is 417 g/mol. The lowest BCUT2D eigenvalue weighted by atomic mass is 10.0. The van der Waals surface area contributed by atoms with Crippen molar-refractivity contribution in [1.29, 1.82) is 0 Å². The Labute approximate surface area is 167 Å². The first-order valence-corrected chi connectivity index (χ1v) is 10.7. The molecule has 0 bridgehead atoms. The van der Waals surface area contributed by atoms with Gasteiger partial charge < -0.3 is 19.7 Å². The van der Waals surface area contributed by atoms with Crippen molar-refractivity contribution in [2.24, 2.45) is 5.92 Å². The lowest BCUT2D eigenvalue weighted by Gasteiger charge is -2.37. The molecule has 1 aromatic carbocycles. The summed E-state index contributed by atoms with van der Waals surface area (Å²) in [6.07, 6.45) is 2.26. The van der Waals surface area contributed by atoms with Crippen LogP contribution in [-0.2, 0) is 9.47 Å². The Morgan fingerprint density at radius 2 is 1.88 bits per heavy atom. The second-order valence-corrected chi connectivity index (χ2v) is 9.60. The Hall–Kier alpha value is -0.660. The van der Waals surface area contributed by atoms with Crippen LogP contribution in [0, 0.1) is 5.92 Å². The molecule has 1 atom stereocenters. The summed E-state index contributed by atoms with van der Waals surface area (Å²) in [4.78, 5) is 15.5. The Morgan fingerprint density at radius 1 is 1.23 bits per heavy atom. The summed E-state index contributed by atoms with van der Waals surface area (Å²) in [5.74, 6) is 0.690. The van der Waals surface area contributed by atoms with Gasteiger partial charge in [-0.05, 0) is 18.6 Å². The molecule has 1 spiro atoms. The summed E-state index contributed by atoms with van der Waals surface area (Å²) in [6, 6.07) is 7.75. The molecule has 1 saturated carbocycles. The van der Waals surface area contributed by atoms with Crippen LogP contribution in [0.2, 0.25) is 0 Å². The van der Waals surface area contributed by atoms with Gasteiger partial charge in [0.25, 0.3) is 0 Å². The molecule has 4 rings (SSSR count). The van der Waals surface area contributed by atoms with Crippen LogP contribution in [0.3, 0.4) is 0 Å². The van der Waals surface area contributed by atoms with E-state index in [0.29, 0.717) is 45.1 Å². The Balaban J connectivity index is 1.33. The molecule has 0 radical (unpaired) electrons. The van der Waals surface area contributed by atoms with Crippen molar-refractivity contribution in [2.75, 3.05) is 37.4 Å². The second-order valence-electron chi connectivity index (χ2n) is 6.99. The van der Waals surface area contributed by atoms with Gasteiger partial charge in [-0.25, -0.2) is 4.79 Å². The van der Waals surface area contributed by atoms with E-state index in [-0.39, 0.29) is 6.03 Å². The predicted molar refractivity (Wildman–Crippen MR) is 104 cm³/mol. The molecule has 142 valence electrons. The Kier molecular flexibility index (Phi) is 5.32. The molecule has 2 saturated heterocycles. The lowest BCUT2D eigenvalue weighted by Crippen LogP contribution is -2.48. The summed E-state index contributed by atoms with van der Waals surface area (Å²) >= 11 is 13.9. The first kappa shape index (κ1) is 18.7. The zero-order valence-electron chi connectivity index (χ0n) is 14.4. The van der Waals surface area contributed by atoms with Gasteiger partial charge in [0.2, 0.25) is 0 Å². The van der Waals surface area contributed by atoms with Gasteiger partial charge in [0, 0.05) is 42.5 Å². The number of nitrogens with zero attached hydrogens (tertiary/aromatic N) is 1. The maximum Gasteiger partial charge on any atom is 0.321 e.